The Morgan fingerprint density at radius 2 is 1.62 bits per heavy atom. The van der Waals surface area contributed by atoms with Gasteiger partial charge < -0.3 is 14.1 Å². The Balaban J connectivity index is 1.64. The lowest BCUT2D eigenvalue weighted by molar-refractivity contribution is -0.117. The highest BCUT2D eigenvalue weighted by Gasteiger charge is 2.20. The second-order valence-electron chi connectivity index (χ2n) is 11.3. The smallest absolute Gasteiger partial charge is 0.138 e. The van der Waals surface area contributed by atoms with Crippen molar-refractivity contribution < 1.29 is 18.8 Å². The van der Waals surface area contributed by atoms with E-state index in [-0.39, 0.29) is 24.0 Å². The van der Waals surface area contributed by atoms with Gasteiger partial charge in [-0.15, -0.1) is 11.3 Å². The van der Waals surface area contributed by atoms with Gasteiger partial charge in [0.1, 0.15) is 22.1 Å². The molecule has 1 aromatic heterocycles. The molecule has 0 aliphatic rings. The van der Waals surface area contributed by atoms with Gasteiger partial charge in [-0.2, -0.15) is 5.37 Å². The van der Waals surface area contributed by atoms with Crippen LogP contribution in [0.1, 0.15) is 81.5 Å². The van der Waals surface area contributed by atoms with E-state index in [2.05, 4.69) is 69.1 Å². The Kier molecular flexibility index (Phi) is 9.18. The van der Waals surface area contributed by atoms with Crippen molar-refractivity contribution in [2.45, 2.75) is 76.0 Å². The zero-order chi connectivity index (χ0) is 29.2. The van der Waals surface area contributed by atoms with E-state index in [0.717, 1.165) is 33.2 Å². The summed E-state index contributed by atoms with van der Waals surface area (Å²) < 4.78 is 18.7. The van der Waals surface area contributed by atoms with Gasteiger partial charge in [0.2, 0.25) is 0 Å². The van der Waals surface area contributed by atoms with Gasteiger partial charge in [0.15, 0.2) is 0 Å². The van der Waals surface area contributed by atoms with E-state index in [1.165, 1.54) is 28.7 Å². The largest absolute Gasteiger partial charge is 0.497 e. The SMILES string of the molecule is COc1ccc2cc(-c3cc(C(C)C)c(CC(=O)CC=[S-](=O)c4cnc(C(C)(C)O)s4)c(C(C)C)c3)ccc2c1. The molecule has 0 radical (unpaired) electrons. The molecule has 0 aliphatic heterocycles. The fourth-order valence-electron chi connectivity index (χ4n) is 4.80. The highest BCUT2D eigenvalue weighted by molar-refractivity contribution is 7.85. The van der Waals surface area contributed by atoms with Gasteiger partial charge >= 0.3 is 0 Å². The zero-order valence-electron chi connectivity index (χ0n) is 24.3. The third-order valence-corrected chi connectivity index (χ3v) is 9.81. The first-order chi connectivity index (χ1) is 18.9. The Morgan fingerprint density at radius 1 is 1.00 bits per heavy atom. The second-order valence-corrected chi connectivity index (χ2v) is 14.0. The summed E-state index contributed by atoms with van der Waals surface area (Å²) in [4.78, 5) is 17.4. The molecule has 4 aromatic rings. The number of thiazole rings is 1. The van der Waals surface area contributed by atoms with Crippen molar-refractivity contribution in [2.24, 2.45) is 0 Å². The fourth-order valence-corrected chi connectivity index (χ4v) is 6.88. The number of fused-ring (bicyclic) bond motifs is 1. The summed E-state index contributed by atoms with van der Waals surface area (Å²) in [6.07, 6.45) is 1.92. The molecule has 0 fully saturated rings. The van der Waals surface area contributed by atoms with Crippen LogP contribution in [0.4, 0.5) is 0 Å². The summed E-state index contributed by atoms with van der Waals surface area (Å²) in [7, 11) is 0.221. The summed E-state index contributed by atoms with van der Waals surface area (Å²) in [5.41, 5.74) is 4.60. The average molecular weight is 577 g/mol. The van der Waals surface area contributed by atoms with E-state index in [9.17, 15) is 14.1 Å². The number of benzene rings is 3. The van der Waals surface area contributed by atoms with E-state index in [1.54, 1.807) is 26.3 Å². The lowest BCUT2D eigenvalue weighted by Crippen LogP contribution is -2.14. The molecule has 0 amide bonds. The minimum atomic E-state index is -1.46. The molecule has 1 N–H and O–H groups in total. The Morgan fingerprint density at radius 3 is 2.20 bits per heavy atom. The molecule has 0 saturated carbocycles. The number of aliphatic hydroxyl groups is 1. The van der Waals surface area contributed by atoms with Gasteiger partial charge in [0, 0.05) is 19.0 Å². The van der Waals surface area contributed by atoms with E-state index in [4.69, 9.17) is 4.74 Å². The quantitative estimate of drug-likeness (QED) is 0.154. The normalized spacial score (nSPS) is 12.9. The minimum Gasteiger partial charge on any atom is -0.497 e. The lowest BCUT2D eigenvalue weighted by atomic mass is 9.83. The van der Waals surface area contributed by atoms with Crippen LogP contribution in [-0.4, -0.2) is 28.4 Å². The number of rotatable bonds is 10. The minimum absolute atomic E-state index is 0.0248. The first-order valence-corrected chi connectivity index (χ1v) is 15.6. The van der Waals surface area contributed by atoms with Crippen LogP contribution in [0.2, 0.25) is 0 Å². The summed E-state index contributed by atoms with van der Waals surface area (Å²) in [6, 6.07) is 17.0. The van der Waals surface area contributed by atoms with Crippen molar-refractivity contribution in [1.82, 2.24) is 4.98 Å². The number of nitrogens with zero attached hydrogens (tertiary/aromatic N) is 1. The van der Waals surface area contributed by atoms with Crippen LogP contribution in [-0.2, 0) is 31.4 Å². The molecular weight excluding hydrogens is 539 g/mol. The third-order valence-electron chi connectivity index (χ3n) is 6.99. The lowest BCUT2D eigenvalue weighted by Gasteiger charge is -2.22. The van der Waals surface area contributed by atoms with Crippen molar-refractivity contribution in [1.29, 1.82) is 0 Å². The number of ketones is 1. The Bertz CT molecular complexity index is 1590. The van der Waals surface area contributed by atoms with Crippen molar-refractivity contribution in [3.05, 3.63) is 76.4 Å². The van der Waals surface area contributed by atoms with E-state index in [0.29, 0.717) is 15.6 Å². The fraction of sp³-hybridized carbons (Fsp3) is 0.364. The van der Waals surface area contributed by atoms with Gasteiger partial charge in [-0.05, 0) is 86.7 Å². The van der Waals surface area contributed by atoms with Crippen molar-refractivity contribution in [3.63, 3.8) is 0 Å². The molecule has 212 valence electrons. The molecule has 0 bridgehead atoms. The zero-order valence-corrected chi connectivity index (χ0v) is 25.9. The van der Waals surface area contributed by atoms with Gasteiger partial charge in [-0.3, -0.25) is 4.79 Å². The van der Waals surface area contributed by atoms with Crippen LogP contribution in [0.25, 0.3) is 21.9 Å². The molecular formula is C33H38NO4S2-. The average Bonchev–Trinajstić information content (AvgIpc) is 3.42. The molecule has 0 saturated heterocycles. The van der Waals surface area contributed by atoms with Crippen LogP contribution in [0.5, 0.6) is 5.75 Å². The van der Waals surface area contributed by atoms with Crippen LogP contribution in [0.3, 0.4) is 0 Å². The number of hydrogen-bond acceptors (Lipinski definition) is 7. The molecule has 0 unspecified atom stereocenters. The maximum Gasteiger partial charge on any atom is 0.138 e. The maximum absolute atomic E-state index is 13.2. The third kappa shape index (κ3) is 6.82. The highest BCUT2D eigenvalue weighted by atomic mass is 32.2. The monoisotopic (exact) mass is 576 g/mol. The van der Waals surface area contributed by atoms with Crippen LogP contribution >= 0.6 is 11.3 Å². The van der Waals surface area contributed by atoms with Crippen LogP contribution in [0, 0.1) is 0 Å². The van der Waals surface area contributed by atoms with Crippen molar-refractivity contribution in [3.8, 4) is 16.9 Å². The number of carbonyl (C=O) groups excluding carboxylic acids is 1. The topological polar surface area (TPSA) is 76.5 Å². The van der Waals surface area contributed by atoms with E-state index in [1.807, 2.05) is 12.1 Å². The molecule has 1 heterocycles. The van der Waals surface area contributed by atoms with Gasteiger partial charge in [0.05, 0.1) is 7.11 Å². The molecule has 0 atom stereocenters. The van der Waals surface area contributed by atoms with Gasteiger partial charge in [-0.25, -0.2) is 15.4 Å². The second kappa shape index (κ2) is 12.2. The number of Topliss-reactive ketones (excluding diaryl/α,β-unsaturated/α-hetero) is 1. The molecule has 4 rings (SSSR count). The van der Waals surface area contributed by atoms with Gasteiger partial charge in [-0.1, -0.05) is 58.0 Å². The van der Waals surface area contributed by atoms with E-state index < -0.39 is 16.0 Å². The number of hydrogen-bond donors (Lipinski definition) is 1. The van der Waals surface area contributed by atoms with Crippen molar-refractivity contribution in [2.75, 3.05) is 7.11 Å². The molecule has 5 nitrogen and oxygen atoms in total. The standard InChI is InChI=1S/C33H38NO4S2/c1-20(2)28-16-25(23-8-9-24-15-27(38-7)11-10-22(24)14-23)17-29(21(3)4)30(28)18-26(35)12-13-40(37)31-19-34-32(39-31)33(5,6)36/h8-11,13-17,19-21,36H,12,18H2,1-7H3/q-1. The van der Waals surface area contributed by atoms with Crippen LogP contribution in [0.15, 0.2) is 58.9 Å². The summed E-state index contributed by atoms with van der Waals surface area (Å²) in [6.45, 7) is 11.9. The predicted molar refractivity (Wildman–Crippen MR) is 167 cm³/mol. The maximum atomic E-state index is 13.2. The highest BCUT2D eigenvalue weighted by Crippen LogP contribution is 2.35. The summed E-state index contributed by atoms with van der Waals surface area (Å²) in [5, 5.41) is 14.5. The van der Waals surface area contributed by atoms with E-state index >= 15 is 0 Å². The molecule has 0 spiro atoms. The number of ether oxygens (including phenoxy) is 1. The first kappa shape index (κ1) is 30.0. The van der Waals surface area contributed by atoms with Crippen molar-refractivity contribution >= 4 is 43.6 Å². The Hall–Kier alpha value is -3.00. The first-order valence-electron chi connectivity index (χ1n) is 13.6. The molecule has 40 heavy (non-hydrogen) atoms. The predicted octanol–water partition coefficient (Wildman–Crippen LogP) is 7.77. The summed E-state index contributed by atoms with van der Waals surface area (Å²) >= 11 is 1.21. The molecule has 3 aromatic carbocycles. The molecule has 7 heteroatoms. The number of aromatic nitrogens is 1. The molecule has 0 aliphatic carbocycles. The summed E-state index contributed by atoms with van der Waals surface area (Å²) in [5.74, 6) is 1.34. The van der Waals surface area contributed by atoms with Crippen LogP contribution < -0.4 is 4.74 Å². The number of carbonyl (C=O) groups is 1. The Labute approximate surface area is 243 Å². The van der Waals surface area contributed by atoms with Gasteiger partial charge in [0.25, 0.3) is 0 Å². The number of methoxy groups -OCH3 is 1.